The SMILES string of the molecule is CCN1CCC(c2ncc(CC(C)NC)s2)CC1. The van der Waals surface area contributed by atoms with Gasteiger partial charge in [-0.05, 0) is 52.9 Å². The van der Waals surface area contributed by atoms with Gasteiger partial charge in [-0.2, -0.15) is 0 Å². The average Bonchev–Trinajstić information content (AvgIpc) is 2.87. The third-order valence-electron chi connectivity index (χ3n) is 3.96. The first-order valence-corrected chi connectivity index (χ1v) is 7.88. The molecule has 2 heterocycles. The van der Waals surface area contributed by atoms with Crippen molar-refractivity contribution in [3.63, 3.8) is 0 Å². The Morgan fingerprint density at radius 3 is 2.83 bits per heavy atom. The van der Waals surface area contributed by atoms with Gasteiger partial charge in [0.15, 0.2) is 0 Å². The maximum atomic E-state index is 4.65. The lowest BCUT2D eigenvalue weighted by Crippen LogP contribution is -2.32. The number of likely N-dealkylation sites (N-methyl/N-ethyl adjacent to an activating group) is 1. The molecule has 0 aliphatic carbocycles. The Morgan fingerprint density at radius 2 is 2.22 bits per heavy atom. The predicted molar refractivity (Wildman–Crippen MR) is 78.4 cm³/mol. The number of hydrogen-bond donors (Lipinski definition) is 1. The van der Waals surface area contributed by atoms with Gasteiger partial charge in [0, 0.05) is 23.0 Å². The molecule has 1 aromatic heterocycles. The molecule has 1 N–H and O–H groups in total. The molecule has 18 heavy (non-hydrogen) atoms. The standard InChI is InChI=1S/C14H25N3S/c1-4-17-7-5-12(6-8-17)14-16-10-13(18-14)9-11(2)15-3/h10-12,15H,4-9H2,1-3H3. The number of aromatic nitrogens is 1. The molecule has 3 nitrogen and oxygen atoms in total. The first kappa shape index (κ1) is 14.0. The van der Waals surface area contributed by atoms with Crippen LogP contribution in [0.2, 0.25) is 0 Å². The van der Waals surface area contributed by atoms with Gasteiger partial charge >= 0.3 is 0 Å². The maximum Gasteiger partial charge on any atom is 0.0959 e. The molecule has 1 atom stereocenters. The normalized spacial score (nSPS) is 20.2. The van der Waals surface area contributed by atoms with Gasteiger partial charge < -0.3 is 10.2 Å². The van der Waals surface area contributed by atoms with Crippen LogP contribution in [0.4, 0.5) is 0 Å². The summed E-state index contributed by atoms with van der Waals surface area (Å²) >= 11 is 1.92. The van der Waals surface area contributed by atoms with E-state index in [0.717, 1.165) is 6.42 Å². The van der Waals surface area contributed by atoms with E-state index < -0.39 is 0 Å². The molecule has 0 radical (unpaired) electrons. The monoisotopic (exact) mass is 267 g/mol. The van der Waals surface area contributed by atoms with Gasteiger partial charge in [-0.25, -0.2) is 4.98 Å². The topological polar surface area (TPSA) is 28.2 Å². The van der Waals surface area contributed by atoms with Crippen LogP contribution in [0, 0.1) is 0 Å². The van der Waals surface area contributed by atoms with Crippen LogP contribution in [0.1, 0.15) is 42.5 Å². The molecule has 1 aliphatic rings. The highest BCUT2D eigenvalue weighted by Gasteiger charge is 2.22. The zero-order chi connectivity index (χ0) is 13.0. The van der Waals surface area contributed by atoms with Gasteiger partial charge in [-0.3, -0.25) is 0 Å². The molecule has 0 bridgehead atoms. The van der Waals surface area contributed by atoms with E-state index >= 15 is 0 Å². The van der Waals surface area contributed by atoms with Crippen LogP contribution in [-0.2, 0) is 6.42 Å². The van der Waals surface area contributed by atoms with Crippen LogP contribution in [0.3, 0.4) is 0 Å². The van der Waals surface area contributed by atoms with Gasteiger partial charge in [-0.1, -0.05) is 6.92 Å². The number of thiazole rings is 1. The molecule has 1 aromatic rings. The predicted octanol–water partition coefficient (Wildman–Crippen LogP) is 2.49. The second-order valence-corrected chi connectivity index (χ2v) is 6.41. The van der Waals surface area contributed by atoms with Gasteiger partial charge in [0.2, 0.25) is 0 Å². The first-order chi connectivity index (χ1) is 8.72. The fraction of sp³-hybridized carbons (Fsp3) is 0.786. The summed E-state index contributed by atoms with van der Waals surface area (Å²) in [4.78, 5) is 8.61. The van der Waals surface area contributed by atoms with Crippen molar-refractivity contribution < 1.29 is 0 Å². The van der Waals surface area contributed by atoms with Crippen molar-refractivity contribution in [3.05, 3.63) is 16.1 Å². The molecule has 1 unspecified atom stereocenters. The van der Waals surface area contributed by atoms with Crippen LogP contribution in [-0.4, -0.2) is 42.6 Å². The largest absolute Gasteiger partial charge is 0.317 e. The lowest BCUT2D eigenvalue weighted by atomic mass is 9.98. The van der Waals surface area contributed by atoms with Crippen molar-refractivity contribution in [2.45, 2.75) is 45.1 Å². The Kier molecular flexibility index (Phi) is 5.15. The molecule has 0 spiro atoms. The first-order valence-electron chi connectivity index (χ1n) is 7.07. The van der Waals surface area contributed by atoms with Crippen LogP contribution in [0.15, 0.2) is 6.20 Å². The Balaban J connectivity index is 1.90. The minimum absolute atomic E-state index is 0.542. The Labute approximate surface area is 115 Å². The summed E-state index contributed by atoms with van der Waals surface area (Å²) in [6.45, 7) is 8.14. The number of nitrogens with one attached hydrogen (secondary N) is 1. The zero-order valence-corrected chi connectivity index (χ0v) is 12.6. The Hall–Kier alpha value is -0.450. The van der Waals surface area contributed by atoms with Gasteiger partial charge in [0.25, 0.3) is 0 Å². The molecule has 0 amide bonds. The lowest BCUT2D eigenvalue weighted by Gasteiger charge is -2.29. The number of rotatable bonds is 5. The number of hydrogen-bond acceptors (Lipinski definition) is 4. The summed E-state index contributed by atoms with van der Waals surface area (Å²) in [5, 5.41) is 4.65. The van der Waals surface area contributed by atoms with Crippen molar-refractivity contribution in [3.8, 4) is 0 Å². The van der Waals surface area contributed by atoms with Crippen molar-refractivity contribution >= 4 is 11.3 Å². The zero-order valence-electron chi connectivity index (χ0n) is 11.8. The van der Waals surface area contributed by atoms with Crippen LogP contribution in [0.5, 0.6) is 0 Å². The fourth-order valence-electron chi connectivity index (χ4n) is 2.51. The van der Waals surface area contributed by atoms with E-state index in [-0.39, 0.29) is 0 Å². The Bertz CT molecular complexity index is 356. The van der Waals surface area contributed by atoms with E-state index in [1.807, 2.05) is 18.4 Å². The molecule has 1 fully saturated rings. The molecule has 1 saturated heterocycles. The molecule has 2 rings (SSSR count). The van der Waals surface area contributed by atoms with E-state index in [9.17, 15) is 0 Å². The molecule has 1 aliphatic heterocycles. The highest BCUT2D eigenvalue weighted by atomic mass is 32.1. The maximum absolute atomic E-state index is 4.65. The van der Waals surface area contributed by atoms with E-state index in [2.05, 4.69) is 35.2 Å². The summed E-state index contributed by atoms with van der Waals surface area (Å²) < 4.78 is 0. The van der Waals surface area contributed by atoms with Gasteiger partial charge in [-0.15, -0.1) is 11.3 Å². The number of likely N-dealkylation sites (tertiary alicyclic amines) is 1. The molecular weight excluding hydrogens is 242 g/mol. The highest BCUT2D eigenvalue weighted by Crippen LogP contribution is 2.31. The molecule has 102 valence electrons. The Morgan fingerprint density at radius 1 is 1.50 bits per heavy atom. The van der Waals surface area contributed by atoms with Gasteiger partial charge in [0.05, 0.1) is 5.01 Å². The molecule has 0 saturated carbocycles. The van der Waals surface area contributed by atoms with E-state index in [1.54, 1.807) is 0 Å². The fourth-order valence-corrected chi connectivity index (χ4v) is 3.72. The van der Waals surface area contributed by atoms with Gasteiger partial charge in [0.1, 0.15) is 0 Å². The molecule has 0 aromatic carbocycles. The van der Waals surface area contributed by atoms with E-state index in [4.69, 9.17) is 0 Å². The summed E-state index contributed by atoms with van der Waals surface area (Å²) in [6, 6.07) is 0.542. The minimum Gasteiger partial charge on any atom is -0.317 e. The summed E-state index contributed by atoms with van der Waals surface area (Å²) in [6.07, 6.45) is 5.74. The quantitative estimate of drug-likeness (QED) is 0.888. The summed E-state index contributed by atoms with van der Waals surface area (Å²) in [7, 11) is 2.02. The third-order valence-corrected chi connectivity index (χ3v) is 5.14. The van der Waals surface area contributed by atoms with Crippen molar-refractivity contribution in [1.82, 2.24) is 15.2 Å². The highest BCUT2D eigenvalue weighted by molar-refractivity contribution is 7.11. The number of piperidine rings is 1. The second kappa shape index (κ2) is 6.64. The van der Waals surface area contributed by atoms with Crippen molar-refractivity contribution in [2.24, 2.45) is 0 Å². The smallest absolute Gasteiger partial charge is 0.0959 e. The van der Waals surface area contributed by atoms with Crippen molar-refractivity contribution in [1.29, 1.82) is 0 Å². The number of nitrogens with zero attached hydrogens (tertiary/aromatic N) is 2. The summed E-state index contributed by atoms with van der Waals surface area (Å²) in [5.74, 6) is 0.705. The van der Waals surface area contributed by atoms with E-state index in [1.165, 1.54) is 42.4 Å². The van der Waals surface area contributed by atoms with Crippen LogP contribution < -0.4 is 5.32 Å². The third kappa shape index (κ3) is 3.53. The van der Waals surface area contributed by atoms with Crippen LogP contribution in [0.25, 0.3) is 0 Å². The second-order valence-electron chi connectivity index (χ2n) is 5.27. The molecular formula is C14H25N3S. The summed E-state index contributed by atoms with van der Waals surface area (Å²) in [5.41, 5.74) is 0. The average molecular weight is 267 g/mol. The van der Waals surface area contributed by atoms with E-state index in [0.29, 0.717) is 12.0 Å². The lowest BCUT2D eigenvalue weighted by molar-refractivity contribution is 0.222. The van der Waals surface area contributed by atoms with Crippen molar-refractivity contribution in [2.75, 3.05) is 26.7 Å². The minimum atomic E-state index is 0.542. The molecule has 4 heteroatoms. The van der Waals surface area contributed by atoms with Crippen LogP contribution >= 0.6 is 11.3 Å².